The lowest BCUT2D eigenvalue weighted by Crippen LogP contribution is -2.28. The number of aryl methyl sites for hydroxylation is 1. The van der Waals surface area contributed by atoms with Crippen LogP contribution in [0.4, 0.5) is 0 Å². The third kappa shape index (κ3) is 2.16. The van der Waals surface area contributed by atoms with Crippen LogP contribution in [-0.4, -0.2) is 16.7 Å². The van der Waals surface area contributed by atoms with Gasteiger partial charge in [-0.3, -0.25) is 14.5 Å². The molecule has 1 aromatic carbocycles. The number of nitrogens with zero attached hydrogens (tertiary/aromatic N) is 1. The fourth-order valence-corrected chi connectivity index (χ4v) is 2.14. The van der Waals surface area contributed by atoms with E-state index in [9.17, 15) is 9.59 Å². The van der Waals surface area contributed by atoms with Gasteiger partial charge >= 0.3 is 0 Å². The summed E-state index contributed by atoms with van der Waals surface area (Å²) in [4.78, 5) is 24.2. The van der Waals surface area contributed by atoms with Crippen molar-refractivity contribution in [2.75, 3.05) is 0 Å². The first kappa shape index (κ1) is 11.3. The molecule has 0 atom stereocenters. The highest BCUT2D eigenvalue weighted by molar-refractivity contribution is 9.10. The number of rotatable bonds is 2. The van der Waals surface area contributed by atoms with Gasteiger partial charge in [0.25, 0.3) is 0 Å². The summed E-state index contributed by atoms with van der Waals surface area (Å²) in [5.41, 5.74) is 2.11. The molecule has 0 N–H and O–H groups in total. The van der Waals surface area contributed by atoms with Crippen molar-refractivity contribution in [3.63, 3.8) is 0 Å². The van der Waals surface area contributed by atoms with Crippen LogP contribution in [0.2, 0.25) is 0 Å². The second-order valence-electron chi connectivity index (χ2n) is 3.96. The van der Waals surface area contributed by atoms with Crippen molar-refractivity contribution in [1.29, 1.82) is 0 Å². The van der Waals surface area contributed by atoms with Gasteiger partial charge in [-0.1, -0.05) is 28.1 Å². The molecular formula is C12H12BrNO2. The first-order valence-electron chi connectivity index (χ1n) is 5.16. The molecule has 0 bridgehead atoms. The standard InChI is InChI=1S/C12H12BrNO2/c1-8-2-3-9(6-10(8)13)7-14-11(15)4-5-12(14)16/h2-3,6H,4-5,7H2,1H3. The Morgan fingerprint density at radius 3 is 2.44 bits per heavy atom. The van der Waals surface area contributed by atoms with Crippen molar-refractivity contribution in [3.8, 4) is 0 Å². The van der Waals surface area contributed by atoms with Gasteiger partial charge in [-0.05, 0) is 24.1 Å². The molecule has 1 aliphatic rings. The summed E-state index contributed by atoms with van der Waals surface area (Å²) in [5.74, 6) is -0.136. The minimum absolute atomic E-state index is 0.0679. The molecule has 3 nitrogen and oxygen atoms in total. The zero-order valence-electron chi connectivity index (χ0n) is 9.00. The normalized spacial score (nSPS) is 16.0. The predicted molar refractivity (Wildman–Crippen MR) is 63.7 cm³/mol. The van der Waals surface area contributed by atoms with E-state index in [4.69, 9.17) is 0 Å². The van der Waals surface area contributed by atoms with Crippen LogP contribution in [0.25, 0.3) is 0 Å². The molecular weight excluding hydrogens is 270 g/mol. The van der Waals surface area contributed by atoms with E-state index in [2.05, 4.69) is 15.9 Å². The van der Waals surface area contributed by atoms with Crippen molar-refractivity contribution in [2.24, 2.45) is 0 Å². The number of likely N-dealkylation sites (tertiary alicyclic amines) is 1. The minimum Gasteiger partial charge on any atom is -0.278 e. The smallest absolute Gasteiger partial charge is 0.229 e. The highest BCUT2D eigenvalue weighted by Crippen LogP contribution is 2.21. The van der Waals surface area contributed by atoms with E-state index in [1.807, 2.05) is 25.1 Å². The van der Waals surface area contributed by atoms with Gasteiger partial charge in [-0.2, -0.15) is 0 Å². The molecule has 16 heavy (non-hydrogen) atoms. The van der Waals surface area contributed by atoms with E-state index in [0.29, 0.717) is 19.4 Å². The lowest BCUT2D eigenvalue weighted by Gasteiger charge is -2.14. The van der Waals surface area contributed by atoms with Crippen LogP contribution >= 0.6 is 15.9 Å². The van der Waals surface area contributed by atoms with Gasteiger partial charge in [-0.15, -0.1) is 0 Å². The third-order valence-electron chi connectivity index (χ3n) is 2.73. The van der Waals surface area contributed by atoms with E-state index in [-0.39, 0.29) is 11.8 Å². The molecule has 1 heterocycles. The third-order valence-corrected chi connectivity index (χ3v) is 3.59. The first-order valence-corrected chi connectivity index (χ1v) is 5.95. The Bertz CT molecular complexity index is 440. The van der Waals surface area contributed by atoms with Gasteiger partial charge in [0.2, 0.25) is 11.8 Å². The largest absolute Gasteiger partial charge is 0.278 e. The molecule has 0 unspecified atom stereocenters. The highest BCUT2D eigenvalue weighted by Gasteiger charge is 2.28. The molecule has 1 aromatic rings. The maximum absolute atomic E-state index is 11.4. The van der Waals surface area contributed by atoms with Gasteiger partial charge in [-0.25, -0.2) is 0 Å². The number of hydrogen-bond acceptors (Lipinski definition) is 2. The Hall–Kier alpha value is -1.16. The molecule has 84 valence electrons. The van der Waals surface area contributed by atoms with E-state index in [1.54, 1.807) is 0 Å². The Kier molecular flexibility index (Phi) is 3.10. The zero-order chi connectivity index (χ0) is 11.7. The van der Waals surface area contributed by atoms with Crippen molar-refractivity contribution in [1.82, 2.24) is 4.90 Å². The molecule has 0 spiro atoms. The first-order chi connectivity index (χ1) is 7.58. The summed E-state index contributed by atoms with van der Waals surface area (Å²) >= 11 is 3.44. The van der Waals surface area contributed by atoms with Crippen LogP contribution in [0.5, 0.6) is 0 Å². The van der Waals surface area contributed by atoms with Gasteiger partial charge in [0.15, 0.2) is 0 Å². The number of hydrogen-bond donors (Lipinski definition) is 0. The number of amides is 2. The summed E-state index contributed by atoms with van der Waals surface area (Å²) in [6.45, 7) is 2.39. The second-order valence-corrected chi connectivity index (χ2v) is 4.81. The quantitative estimate of drug-likeness (QED) is 0.781. The van der Waals surface area contributed by atoms with Gasteiger partial charge in [0, 0.05) is 17.3 Å². The van der Waals surface area contributed by atoms with Crippen molar-refractivity contribution in [2.45, 2.75) is 26.3 Å². The molecule has 1 fully saturated rings. The summed E-state index contributed by atoms with van der Waals surface area (Å²) in [6.07, 6.45) is 0.706. The lowest BCUT2D eigenvalue weighted by atomic mass is 10.1. The molecule has 0 aromatic heterocycles. The average molecular weight is 282 g/mol. The summed E-state index contributed by atoms with van der Waals surface area (Å²) < 4.78 is 1.00. The molecule has 0 radical (unpaired) electrons. The number of carbonyl (C=O) groups is 2. The molecule has 1 aliphatic heterocycles. The van der Waals surface area contributed by atoms with Crippen LogP contribution in [0.1, 0.15) is 24.0 Å². The van der Waals surface area contributed by atoms with Crippen LogP contribution in [0.3, 0.4) is 0 Å². The van der Waals surface area contributed by atoms with Gasteiger partial charge in [0.05, 0.1) is 6.54 Å². The highest BCUT2D eigenvalue weighted by atomic mass is 79.9. The van der Waals surface area contributed by atoms with E-state index < -0.39 is 0 Å². The van der Waals surface area contributed by atoms with Gasteiger partial charge in [0.1, 0.15) is 0 Å². The SMILES string of the molecule is Cc1ccc(CN2C(=O)CCC2=O)cc1Br. The minimum atomic E-state index is -0.0679. The molecule has 4 heteroatoms. The Labute approximate surface area is 103 Å². The van der Waals surface area contributed by atoms with Crippen LogP contribution in [-0.2, 0) is 16.1 Å². The predicted octanol–water partition coefficient (Wildman–Crippen LogP) is 2.41. The molecule has 1 saturated heterocycles. The maximum atomic E-state index is 11.4. The number of benzene rings is 1. The van der Waals surface area contributed by atoms with E-state index in [0.717, 1.165) is 15.6 Å². The topological polar surface area (TPSA) is 37.4 Å². The van der Waals surface area contributed by atoms with Crippen molar-refractivity contribution < 1.29 is 9.59 Å². The zero-order valence-corrected chi connectivity index (χ0v) is 10.6. The Morgan fingerprint density at radius 1 is 1.25 bits per heavy atom. The van der Waals surface area contributed by atoms with Crippen molar-refractivity contribution >= 4 is 27.7 Å². The summed E-state index contributed by atoms with van der Waals surface area (Å²) in [6, 6.07) is 5.87. The van der Waals surface area contributed by atoms with Gasteiger partial charge < -0.3 is 0 Å². The van der Waals surface area contributed by atoms with E-state index >= 15 is 0 Å². The Morgan fingerprint density at radius 2 is 1.88 bits per heavy atom. The lowest BCUT2D eigenvalue weighted by molar-refractivity contribution is -0.139. The Balaban J connectivity index is 2.17. The van der Waals surface area contributed by atoms with E-state index in [1.165, 1.54) is 4.90 Å². The van der Waals surface area contributed by atoms with Crippen molar-refractivity contribution in [3.05, 3.63) is 33.8 Å². The molecule has 0 aliphatic carbocycles. The summed E-state index contributed by atoms with van der Waals surface area (Å²) in [7, 11) is 0. The molecule has 2 rings (SSSR count). The summed E-state index contributed by atoms with van der Waals surface area (Å²) in [5, 5.41) is 0. The fraction of sp³-hybridized carbons (Fsp3) is 0.333. The van der Waals surface area contributed by atoms with Crippen LogP contribution < -0.4 is 0 Å². The fourth-order valence-electron chi connectivity index (χ4n) is 1.72. The number of imide groups is 1. The molecule has 0 saturated carbocycles. The number of carbonyl (C=O) groups excluding carboxylic acids is 2. The van der Waals surface area contributed by atoms with Crippen LogP contribution in [0, 0.1) is 6.92 Å². The maximum Gasteiger partial charge on any atom is 0.229 e. The second kappa shape index (κ2) is 4.37. The molecule has 2 amide bonds. The van der Waals surface area contributed by atoms with Crippen LogP contribution in [0.15, 0.2) is 22.7 Å². The monoisotopic (exact) mass is 281 g/mol. The number of halogens is 1. The average Bonchev–Trinajstić information content (AvgIpc) is 2.55.